The number of nitrogens with one attached hydrogen (secondary N) is 4. The molecule has 44 heavy (non-hydrogen) atoms. The fourth-order valence-corrected chi connectivity index (χ4v) is 4.27. The molecule has 6 N–H and O–H groups in total. The van der Waals surface area contributed by atoms with Gasteiger partial charge in [-0.05, 0) is 74.5 Å². The summed E-state index contributed by atoms with van der Waals surface area (Å²) in [6, 6.07) is 4.78. The molecule has 1 aromatic rings. The topological polar surface area (TPSA) is 161 Å². The molecular weight excluding hydrogens is 562 g/mol. The van der Waals surface area contributed by atoms with Gasteiger partial charge in [0.05, 0.1) is 12.2 Å². The standard InChI is InChI=1S/C33H57N5O6/c1-22(2)28(38-27(39)16-17-33(7,8)44-20-18-32(5,6)23(3)4)30(41)37-26(11-10-19-35-31(34)42)29(40)36-25-14-12-24(13-15-25)21-43-9/h12-15,22-23,26,28H,10-11,16-21H2,1-9H3,(H,36,40)(H,37,41)(H,38,39)(H3,34,35,42)/t26-,28-/m0/s1. The van der Waals surface area contributed by atoms with Gasteiger partial charge in [0.1, 0.15) is 12.1 Å². The van der Waals surface area contributed by atoms with Crippen LogP contribution in [0.25, 0.3) is 0 Å². The van der Waals surface area contributed by atoms with Crippen LogP contribution in [0.5, 0.6) is 0 Å². The Labute approximate surface area is 264 Å². The van der Waals surface area contributed by atoms with E-state index in [1.165, 1.54) is 0 Å². The summed E-state index contributed by atoms with van der Waals surface area (Å²) < 4.78 is 11.3. The number of ether oxygens (including phenoxy) is 2. The van der Waals surface area contributed by atoms with Crippen molar-refractivity contribution in [3.63, 3.8) is 0 Å². The predicted molar refractivity (Wildman–Crippen MR) is 174 cm³/mol. The highest BCUT2D eigenvalue weighted by Gasteiger charge is 2.30. The van der Waals surface area contributed by atoms with Crippen LogP contribution in [0.3, 0.4) is 0 Å². The highest BCUT2D eigenvalue weighted by atomic mass is 16.5. The van der Waals surface area contributed by atoms with E-state index in [1.54, 1.807) is 19.2 Å². The van der Waals surface area contributed by atoms with Gasteiger partial charge in [0, 0.05) is 32.4 Å². The van der Waals surface area contributed by atoms with E-state index in [0.717, 1.165) is 12.0 Å². The summed E-state index contributed by atoms with van der Waals surface area (Å²) in [6.45, 7) is 17.8. The van der Waals surface area contributed by atoms with Gasteiger partial charge >= 0.3 is 6.03 Å². The summed E-state index contributed by atoms with van der Waals surface area (Å²) in [4.78, 5) is 50.7. The number of nitrogens with two attached hydrogens (primary N) is 1. The van der Waals surface area contributed by atoms with E-state index < -0.39 is 35.5 Å². The molecule has 250 valence electrons. The molecular formula is C33H57N5O6. The number of urea groups is 1. The van der Waals surface area contributed by atoms with Gasteiger partial charge in [-0.25, -0.2) is 4.79 Å². The Morgan fingerprint density at radius 3 is 2.09 bits per heavy atom. The van der Waals surface area contributed by atoms with Crippen LogP contribution < -0.4 is 27.0 Å². The number of hydrogen-bond acceptors (Lipinski definition) is 6. The van der Waals surface area contributed by atoms with Gasteiger partial charge in [-0.3, -0.25) is 14.4 Å². The van der Waals surface area contributed by atoms with Crippen LogP contribution in [0.1, 0.15) is 93.1 Å². The zero-order valence-corrected chi connectivity index (χ0v) is 28.3. The van der Waals surface area contributed by atoms with Crippen LogP contribution in [0.15, 0.2) is 24.3 Å². The molecule has 1 rings (SSSR count). The monoisotopic (exact) mass is 619 g/mol. The van der Waals surface area contributed by atoms with E-state index in [0.29, 0.717) is 37.7 Å². The Morgan fingerprint density at radius 2 is 1.55 bits per heavy atom. The molecule has 0 radical (unpaired) electrons. The number of hydrogen-bond donors (Lipinski definition) is 5. The first kappa shape index (κ1) is 38.8. The normalized spacial score (nSPS) is 13.3. The molecule has 0 aliphatic heterocycles. The summed E-state index contributed by atoms with van der Waals surface area (Å²) >= 11 is 0. The fraction of sp³-hybridized carbons (Fsp3) is 0.697. The number of methoxy groups -OCH3 is 1. The van der Waals surface area contributed by atoms with E-state index in [2.05, 4.69) is 49.0 Å². The SMILES string of the molecule is COCc1ccc(NC(=O)[C@H](CCCNC(N)=O)NC(=O)[C@@H](NC(=O)CCC(C)(C)OCCC(C)(C)C(C)C)C(C)C)cc1. The zero-order valence-electron chi connectivity index (χ0n) is 28.3. The molecule has 11 heteroatoms. The molecule has 0 bridgehead atoms. The lowest BCUT2D eigenvalue weighted by Gasteiger charge is -2.32. The molecule has 0 aliphatic carbocycles. The molecule has 0 aliphatic rings. The highest BCUT2D eigenvalue weighted by Crippen LogP contribution is 2.31. The smallest absolute Gasteiger partial charge is 0.312 e. The number of carbonyl (C=O) groups is 4. The second kappa shape index (κ2) is 18.6. The van der Waals surface area contributed by atoms with Crippen molar-refractivity contribution >= 4 is 29.4 Å². The van der Waals surface area contributed by atoms with Crippen molar-refractivity contribution < 1.29 is 28.7 Å². The maximum Gasteiger partial charge on any atom is 0.312 e. The van der Waals surface area contributed by atoms with Crippen molar-refractivity contribution in [3.05, 3.63) is 29.8 Å². The second-order valence-electron chi connectivity index (χ2n) is 13.4. The number of primary amides is 1. The molecule has 0 unspecified atom stereocenters. The largest absolute Gasteiger partial charge is 0.380 e. The van der Waals surface area contributed by atoms with Gasteiger partial charge in [-0.15, -0.1) is 0 Å². The van der Waals surface area contributed by atoms with E-state index in [9.17, 15) is 19.2 Å². The predicted octanol–water partition coefficient (Wildman–Crippen LogP) is 4.49. The summed E-state index contributed by atoms with van der Waals surface area (Å²) in [7, 11) is 1.61. The van der Waals surface area contributed by atoms with Crippen LogP contribution in [0.2, 0.25) is 0 Å². The van der Waals surface area contributed by atoms with Gasteiger partial charge in [-0.1, -0.05) is 53.7 Å². The summed E-state index contributed by atoms with van der Waals surface area (Å²) in [5.74, 6) is -0.830. The highest BCUT2D eigenvalue weighted by molar-refractivity contribution is 5.98. The van der Waals surface area contributed by atoms with Crippen molar-refractivity contribution in [1.29, 1.82) is 0 Å². The minimum absolute atomic E-state index is 0.160. The van der Waals surface area contributed by atoms with Gasteiger partial charge in [0.2, 0.25) is 17.7 Å². The third kappa shape index (κ3) is 15.0. The Hall–Kier alpha value is -3.18. The van der Waals surface area contributed by atoms with Crippen LogP contribution in [-0.2, 0) is 30.5 Å². The fourth-order valence-electron chi connectivity index (χ4n) is 4.27. The molecule has 5 amide bonds. The quantitative estimate of drug-likeness (QED) is 0.135. The lowest BCUT2D eigenvalue weighted by molar-refractivity contribution is -0.132. The third-order valence-electron chi connectivity index (χ3n) is 8.16. The molecule has 0 heterocycles. The van der Waals surface area contributed by atoms with E-state index in [4.69, 9.17) is 15.2 Å². The lowest BCUT2D eigenvalue weighted by Crippen LogP contribution is -2.54. The van der Waals surface area contributed by atoms with Gasteiger partial charge in [-0.2, -0.15) is 0 Å². The first-order chi connectivity index (χ1) is 20.5. The minimum Gasteiger partial charge on any atom is -0.380 e. The number of anilines is 1. The number of rotatable bonds is 20. The summed E-state index contributed by atoms with van der Waals surface area (Å²) in [5.41, 5.74) is 6.33. The number of benzene rings is 1. The average Bonchev–Trinajstić information content (AvgIpc) is 2.92. The lowest BCUT2D eigenvalue weighted by atomic mass is 9.78. The maximum atomic E-state index is 13.4. The first-order valence-electron chi connectivity index (χ1n) is 15.6. The third-order valence-corrected chi connectivity index (χ3v) is 8.16. The van der Waals surface area contributed by atoms with Crippen molar-refractivity contribution in [2.75, 3.05) is 25.6 Å². The zero-order chi connectivity index (χ0) is 33.5. The van der Waals surface area contributed by atoms with Crippen molar-refractivity contribution in [3.8, 4) is 0 Å². The van der Waals surface area contributed by atoms with Gasteiger partial charge < -0.3 is 36.5 Å². The Bertz CT molecular complexity index is 1060. The molecule has 2 atom stereocenters. The van der Waals surface area contributed by atoms with Crippen molar-refractivity contribution in [2.24, 2.45) is 23.0 Å². The van der Waals surface area contributed by atoms with E-state index in [-0.39, 0.29) is 36.6 Å². The molecule has 11 nitrogen and oxygen atoms in total. The van der Waals surface area contributed by atoms with Crippen LogP contribution in [-0.4, -0.2) is 61.7 Å². The number of amides is 5. The molecule has 0 fully saturated rings. The molecule has 0 spiro atoms. The Morgan fingerprint density at radius 1 is 0.909 bits per heavy atom. The van der Waals surface area contributed by atoms with Gasteiger partial charge in [0.15, 0.2) is 0 Å². The van der Waals surface area contributed by atoms with Crippen LogP contribution in [0.4, 0.5) is 10.5 Å². The van der Waals surface area contributed by atoms with Crippen LogP contribution >= 0.6 is 0 Å². The number of carbonyl (C=O) groups excluding carboxylic acids is 4. The minimum atomic E-state index is -0.906. The van der Waals surface area contributed by atoms with Crippen molar-refractivity contribution in [2.45, 2.75) is 112 Å². The van der Waals surface area contributed by atoms with Crippen LogP contribution in [0, 0.1) is 17.3 Å². The van der Waals surface area contributed by atoms with E-state index >= 15 is 0 Å². The Kier molecular flexibility index (Phi) is 16.4. The molecule has 1 aromatic carbocycles. The molecule has 0 saturated carbocycles. The maximum absolute atomic E-state index is 13.4. The summed E-state index contributed by atoms with van der Waals surface area (Å²) in [5, 5.41) is 11.0. The van der Waals surface area contributed by atoms with Crippen molar-refractivity contribution in [1.82, 2.24) is 16.0 Å². The molecule has 0 aromatic heterocycles. The average molecular weight is 620 g/mol. The first-order valence-corrected chi connectivity index (χ1v) is 15.6. The van der Waals surface area contributed by atoms with Gasteiger partial charge in [0.25, 0.3) is 0 Å². The second-order valence-corrected chi connectivity index (χ2v) is 13.4. The molecule has 0 saturated heterocycles. The summed E-state index contributed by atoms with van der Waals surface area (Å²) in [6.07, 6.45) is 2.25. The van der Waals surface area contributed by atoms with E-state index in [1.807, 2.05) is 39.8 Å². The Balaban J connectivity index is 2.84.